The summed E-state index contributed by atoms with van der Waals surface area (Å²) in [5.74, 6) is 0. The fourth-order valence-corrected chi connectivity index (χ4v) is 12.8. The molecule has 240 valence electrons. The summed E-state index contributed by atoms with van der Waals surface area (Å²) >= 11 is 0. The Morgan fingerprint density at radius 1 is 0.333 bits per heavy atom. The molecule has 0 spiro atoms. The van der Waals surface area contributed by atoms with Gasteiger partial charge in [-0.15, -0.1) is 0 Å². The lowest BCUT2D eigenvalue weighted by Gasteiger charge is -2.34. The number of hydrogen-bond acceptors (Lipinski definition) is 0. The molecule has 3 heteroatoms. The standard InChI is InChI=1S/C48H34N2Si/c1-4-18-37(19-5-1)51(38-20-6-2-7-21-38,39-22-8-3-9-23-39)40-24-16-17-35(33-40)49-47-30-15-12-27-43(47)44-34-36(31-32-48(44)49)50-45-28-13-10-25-41(45)42-26-11-14-29-46(42)50/h1-34H/i10D,12D,13D,15D,25D,27D,28D,30D. The van der Waals surface area contributed by atoms with Crippen molar-refractivity contribution in [2.75, 3.05) is 0 Å². The smallest absolute Gasteiger partial charge is 0.179 e. The highest BCUT2D eigenvalue weighted by Crippen LogP contribution is 2.36. The number of hydrogen-bond donors (Lipinski definition) is 0. The molecule has 0 fully saturated rings. The molecule has 2 aromatic heterocycles. The summed E-state index contributed by atoms with van der Waals surface area (Å²) in [5, 5.41) is 6.74. The monoisotopic (exact) mass is 674 g/mol. The van der Waals surface area contributed by atoms with Crippen molar-refractivity contribution in [1.82, 2.24) is 9.13 Å². The lowest BCUT2D eigenvalue weighted by atomic mass is 10.1. The van der Waals surface area contributed by atoms with Crippen molar-refractivity contribution in [3.8, 4) is 11.4 Å². The van der Waals surface area contributed by atoms with Gasteiger partial charge in [0.05, 0.1) is 33.0 Å². The Hall–Kier alpha value is -6.42. The maximum Gasteiger partial charge on any atom is 0.179 e. The van der Waals surface area contributed by atoms with Crippen molar-refractivity contribution in [1.29, 1.82) is 0 Å². The fraction of sp³-hybridized carbons (Fsp3) is 0. The number of aromatic nitrogens is 2. The molecule has 2 heterocycles. The molecule has 8 aromatic carbocycles. The number of nitrogens with zero attached hydrogens (tertiary/aromatic N) is 2. The van der Waals surface area contributed by atoms with E-state index in [-0.39, 0.29) is 48.3 Å². The van der Waals surface area contributed by atoms with E-state index in [4.69, 9.17) is 8.22 Å². The average Bonchev–Trinajstić information content (AvgIpc) is 3.81. The first-order chi connectivity index (χ1) is 28.6. The zero-order chi connectivity index (χ0) is 40.7. The quantitative estimate of drug-likeness (QED) is 0.123. The third-order valence-electron chi connectivity index (χ3n) is 10.1. The Kier molecular flexibility index (Phi) is 5.20. The zero-order valence-corrected chi connectivity index (χ0v) is 28.4. The van der Waals surface area contributed by atoms with Crippen LogP contribution < -0.4 is 20.7 Å². The predicted molar refractivity (Wildman–Crippen MR) is 219 cm³/mol. The van der Waals surface area contributed by atoms with Gasteiger partial charge >= 0.3 is 0 Å². The van der Waals surface area contributed by atoms with Crippen LogP contribution in [0.5, 0.6) is 0 Å². The molecule has 0 unspecified atom stereocenters. The maximum atomic E-state index is 9.34. The van der Waals surface area contributed by atoms with Gasteiger partial charge in [-0.2, -0.15) is 0 Å². The van der Waals surface area contributed by atoms with E-state index >= 15 is 0 Å². The maximum absolute atomic E-state index is 9.34. The van der Waals surface area contributed by atoms with Gasteiger partial charge in [0, 0.05) is 32.9 Å². The molecule has 0 saturated heterocycles. The fourth-order valence-electron chi connectivity index (χ4n) is 8.00. The highest BCUT2D eigenvalue weighted by Gasteiger charge is 2.41. The molecule has 0 amide bonds. The van der Waals surface area contributed by atoms with E-state index in [2.05, 4.69) is 84.9 Å². The van der Waals surface area contributed by atoms with E-state index in [0.29, 0.717) is 49.3 Å². The minimum Gasteiger partial charge on any atom is -0.309 e. The summed E-state index contributed by atoms with van der Waals surface area (Å²) in [6.45, 7) is 0. The van der Waals surface area contributed by atoms with Gasteiger partial charge in [-0.05, 0) is 69.2 Å². The van der Waals surface area contributed by atoms with E-state index in [1.807, 2.05) is 81.9 Å². The van der Waals surface area contributed by atoms with Crippen LogP contribution in [0.4, 0.5) is 0 Å². The van der Waals surface area contributed by atoms with E-state index < -0.39 is 8.07 Å². The molecule has 0 N–H and O–H groups in total. The summed E-state index contributed by atoms with van der Waals surface area (Å²) in [6.07, 6.45) is 0. The summed E-state index contributed by atoms with van der Waals surface area (Å²) in [5.41, 5.74) is 3.37. The molecule has 10 aromatic rings. The Balaban J connectivity index is 1.30. The van der Waals surface area contributed by atoms with Crippen LogP contribution in [0.2, 0.25) is 0 Å². The van der Waals surface area contributed by atoms with Crippen molar-refractivity contribution >= 4 is 72.4 Å². The van der Waals surface area contributed by atoms with Crippen LogP contribution >= 0.6 is 0 Å². The molecule has 10 rings (SSSR count). The Bertz CT molecular complexity index is 3210. The zero-order valence-electron chi connectivity index (χ0n) is 35.4. The lowest BCUT2D eigenvalue weighted by molar-refractivity contribution is 1.17. The van der Waals surface area contributed by atoms with Crippen LogP contribution in [-0.2, 0) is 0 Å². The van der Waals surface area contributed by atoms with E-state index in [9.17, 15) is 2.74 Å². The molecular weight excluding hydrogens is 633 g/mol. The first-order valence-electron chi connectivity index (χ1n) is 21.0. The van der Waals surface area contributed by atoms with Crippen molar-refractivity contribution in [2.24, 2.45) is 0 Å². The van der Waals surface area contributed by atoms with Gasteiger partial charge in [0.2, 0.25) is 0 Å². The molecule has 2 nitrogen and oxygen atoms in total. The van der Waals surface area contributed by atoms with Crippen LogP contribution in [-0.4, -0.2) is 17.2 Å². The van der Waals surface area contributed by atoms with Gasteiger partial charge in [0.15, 0.2) is 8.07 Å². The largest absolute Gasteiger partial charge is 0.309 e. The van der Waals surface area contributed by atoms with E-state index in [1.54, 1.807) is 0 Å². The average molecular weight is 675 g/mol. The molecule has 51 heavy (non-hydrogen) atoms. The van der Waals surface area contributed by atoms with Gasteiger partial charge in [-0.25, -0.2) is 0 Å². The molecular formula is C48H34N2Si. The van der Waals surface area contributed by atoms with Crippen molar-refractivity contribution in [3.63, 3.8) is 0 Å². The molecule has 0 aliphatic rings. The topological polar surface area (TPSA) is 9.86 Å². The number of fused-ring (bicyclic) bond motifs is 6. The van der Waals surface area contributed by atoms with Crippen LogP contribution in [0.15, 0.2) is 206 Å². The Morgan fingerprint density at radius 3 is 1.41 bits per heavy atom. The van der Waals surface area contributed by atoms with Gasteiger partial charge in [0.1, 0.15) is 0 Å². The third kappa shape index (κ3) is 4.49. The van der Waals surface area contributed by atoms with Crippen LogP contribution in [0.3, 0.4) is 0 Å². The van der Waals surface area contributed by atoms with Gasteiger partial charge in [-0.1, -0.05) is 158 Å². The molecule has 0 radical (unpaired) electrons. The van der Waals surface area contributed by atoms with Crippen molar-refractivity contribution in [3.05, 3.63) is 206 Å². The predicted octanol–water partition coefficient (Wildman–Crippen LogP) is 9.26. The number of benzene rings is 8. The molecule has 0 aliphatic carbocycles. The van der Waals surface area contributed by atoms with Crippen LogP contribution in [0.1, 0.15) is 11.0 Å². The van der Waals surface area contributed by atoms with E-state index in [1.165, 1.54) is 15.6 Å². The summed E-state index contributed by atoms with van der Waals surface area (Å²) in [7, 11) is -2.97. The molecule has 0 atom stereocenters. The van der Waals surface area contributed by atoms with Crippen molar-refractivity contribution < 1.29 is 11.0 Å². The van der Waals surface area contributed by atoms with Gasteiger partial charge in [-0.3, -0.25) is 0 Å². The lowest BCUT2D eigenvalue weighted by Crippen LogP contribution is -2.74. The van der Waals surface area contributed by atoms with Gasteiger partial charge in [0.25, 0.3) is 0 Å². The number of para-hydroxylation sites is 3. The molecule has 0 aliphatic heterocycles. The minimum absolute atomic E-state index is 0.122. The second-order valence-corrected chi connectivity index (χ2v) is 16.5. The second-order valence-electron chi connectivity index (χ2n) is 12.7. The summed E-state index contributed by atoms with van der Waals surface area (Å²) in [6, 6.07) is 51.4. The first-order valence-corrected chi connectivity index (χ1v) is 19.0. The molecule has 0 bridgehead atoms. The van der Waals surface area contributed by atoms with Gasteiger partial charge < -0.3 is 9.13 Å². The third-order valence-corrected chi connectivity index (χ3v) is 14.9. The molecule has 0 saturated carbocycles. The van der Waals surface area contributed by atoms with Crippen LogP contribution in [0.25, 0.3) is 55.0 Å². The SMILES string of the molecule is [2H]c1c([2H])c([2H])c2c(c1[2H])c1ccccc1n2-c1ccc2c(c1)c1c([2H])c([2H])c([2H])c([2H])c1n2-c1cccc([Si](c2ccccc2)(c2ccccc2)c2ccccc2)c1. The summed E-state index contributed by atoms with van der Waals surface area (Å²) in [4.78, 5) is 0. The normalized spacial score (nSPS) is 14.1. The Labute approximate surface area is 309 Å². The summed E-state index contributed by atoms with van der Waals surface area (Å²) < 4.78 is 74.9. The number of rotatable bonds is 6. The van der Waals surface area contributed by atoms with E-state index in [0.717, 1.165) is 10.9 Å². The van der Waals surface area contributed by atoms with Crippen molar-refractivity contribution in [2.45, 2.75) is 0 Å². The first kappa shape index (κ1) is 22.3. The highest BCUT2D eigenvalue weighted by molar-refractivity contribution is 7.19. The Morgan fingerprint density at radius 2 is 0.804 bits per heavy atom. The minimum atomic E-state index is -2.97. The second kappa shape index (κ2) is 11.9. The van der Waals surface area contributed by atoms with Crippen LogP contribution in [0, 0.1) is 0 Å². The highest BCUT2D eigenvalue weighted by atomic mass is 28.3.